The fraction of sp³-hybridized carbons (Fsp3) is 0.764. The van der Waals surface area contributed by atoms with Crippen LogP contribution in [0.15, 0.2) is 24.3 Å². The van der Waals surface area contributed by atoms with Crippen LogP contribution in [0.4, 0.5) is 0 Å². The first-order valence-corrected chi connectivity index (χ1v) is 27.6. The fourth-order valence-corrected chi connectivity index (χ4v) is 10.7. The van der Waals surface area contributed by atoms with Crippen molar-refractivity contribution in [3.8, 4) is 0 Å². The lowest BCUT2D eigenvalue weighted by molar-refractivity contribution is -0.235. The first-order chi connectivity index (χ1) is 34.9. The number of carbonyl (C=O) groups excluding carboxylic acids is 7. The molecule has 10 atom stereocenters. The summed E-state index contributed by atoms with van der Waals surface area (Å²) in [5, 5.41) is 16.4. The van der Waals surface area contributed by atoms with E-state index >= 15 is 0 Å². The molecule has 0 radical (unpaired) electrons. The number of hydrogen-bond donors (Lipinski definition) is 6. The minimum atomic E-state index is -1.23. The summed E-state index contributed by atoms with van der Waals surface area (Å²) in [6.07, 6.45) is 10.2. The highest BCUT2D eigenvalue weighted by atomic mass is 16.7. The fourth-order valence-electron chi connectivity index (χ4n) is 10.7. The summed E-state index contributed by atoms with van der Waals surface area (Å²) >= 11 is 0. The van der Waals surface area contributed by atoms with Crippen molar-refractivity contribution >= 4 is 48.5 Å². The zero-order chi connectivity index (χ0) is 55.0. The van der Waals surface area contributed by atoms with E-state index in [-0.39, 0.29) is 24.4 Å². The van der Waals surface area contributed by atoms with E-state index < -0.39 is 103 Å². The Labute approximate surface area is 442 Å². The van der Waals surface area contributed by atoms with Crippen molar-refractivity contribution in [1.29, 1.82) is 0 Å². The molecule has 74 heavy (non-hydrogen) atoms. The van der Waals surface area contributed by atoms with Gasteiger partial charge in [-0.05, 0) is 120 Å². The number of aryl methyl sites for hydroxylation is 1. The number of unbranched alkanes of at least 4 members (excludes halogenated alkanes) is 5. The Morgan fingerprint density at radius 3 is 1.99 bits per heavy atom. The Morgan fingerprint density at radius 2 is 1.35 bits per heavy atom. The number of hydrogen-bond acceptors (Lipinski definition) is 11. The van der Waals surface area contributed by atoms with Gasteiger partial charge in [-0.15, -0.1) is 0 Å². The monoisotopic (exact) mass is 1040 g/mol. The average Bonchev–Trinajstić information content (AvgIpc) is 3.64. The van der Waals surface area contributed by atoms with Crippen LogP contribution < -0.4 is 31.9 Å². The van der Waals surface area contributed by atoms with E-state index in [2.05, 4.69) is 66.5 Å². The number of ether oxygens (including phenoxy) is 2. The Kier molecular flexibility index (Phi) is 23.9. The molecule has 3 saturated carbocycles. The predicted molar refractivity (Wildman–Crippen MR) is 285 cm³/mol. The molecule has 2 bridgehead atoms. The van der Waals surface area contributed by atoms with Gasteiger partial charge in [0, 0.05) is 25.8 Å². The summed E-state index contributed by atoms with van der Waals surface area (Å²) in [5.74, 6) is -3.21. The maximum Gasteiger partial charge on any atom is 0.478 e. The molecule has 7 amide bonds. The maximum atomic E-state index is 14.1. The zero-order valence-electron chi connectivity index (χ0n) is 47.0. The highest BCUT2D eigenvalue weighted by Gasteiger charge is 2.72. The molecule has 1 aromatic rings. The standard InChI is InChI=1S/C55H92BN7O11/c1-14-17-20-21-22-39-23-25-40(26-24-39)49(67)62-43(33-71-27-18-15-2)51(69)59-36(6)47(65)57-32-45(64)63(13)46(38(8)72-28-19-16-3)52(70)60-37(7)48(66)61-42(29-35(4)5)50(68)58-34-56-73-54(11)31-41-30-44(53(41,9)10)55(54,12)74-56/h23-26,35-38,41-44,46H,14-22,27-34H2,1-13H3,(H,57,65)(H,58,68)(H,59,69)(H,60,70)(H,61,66)(H,62,67)/t36-,37+,38?,41+,42+,43-,44+,46+,54-,55+/m1/s1. The van der Waals surface area contributed by atoms with Crippen LogP contribution in [0.5, 0.6) is 0 Å². The number of nitrogens with one attached hydrogen (secondary N) is 6. The maximum absolute atomic E-state index is 14.1. The van der Waals surface area contributed by atoms with Crippen LogP contribution in [0.2, 0.25) is 0 Å². The topological polar surface area (TPSA) is 232 Å². The second-order valence-corrected chi connectivity index (χ2v) is 22.5. The Hall–Kier alpha value is -4.59. The summed E-state index contributed by atoms with van der Waals surface area (Å²) in [6, 6.07) is 1.76. The van der Waals surface area contributed by atoms with Gasteiger partial charge in [0.15, 0.2) is 0 Å². The van der Waals surface area contributed by atoms with Gasteiger partial charge >= 0.3 is 7.12 Å². The molecule has 1 unspecified atom stereocenters. The summed E-state index contributed by atoms with van der Waals surface area (Å²) in [6.45, 7) is 23.5. The molecule has 416 valence electrons. The second-order valence-electron chi connectivity index (χ2n) is 22.5. The van der Waals surface area contributed by atoms with Gasteiger partial charge < -0.3 is 55.6 Å². The third-order valence-electron chi connectivity index (χ3n) is 15.8. The van der Waals surface area contributed by atoms with E-state index in [0.29, 0.717) is 43.5 Å². The van der Waals surface area contributed by atoms with Crippen molar-refractivity contribution in [2.75, 3.05) is 39.9 Å². The number of benzene rings is 1. The van der Waals surface area contributed by atoms with Gasteiger partial charge in [0.05, 0.1) is 36.9 Å². The molecular weight excluding hydrogens is 945 g/mol. The molecule has 18 nitrogen and oxygen atoms in total. The molecular formula is C55H92BN7O11. The van der Waals surface area contributed by atoms with E-state index in [1.54, 1.807) is 19.1 Å². The number of amides is 7. The van der Waals surface area contributed by atoms with Crippen LogP contribution in [0.25, 0.3) is 0 Å². The molecule has 4 aliphatic rings. The van der Waals surface area contributed by atoms with Gasteiger partial charge in [-0.2, -0.15) is 0 Å². The molecule has 5 rings (SSSR count). The van der Waals surface area contributed by atoms with Crippen LogP contribution >= 0.6 is 0 Å². The zero-order valence-corrected chi connectivity index (χ0v) is 47.0. The molecule has 1 aromatic carbocycles. The third kappa shape index (κ3) is 16.5. The molecule has 3 aliphatic carbocycles. The van der Waals surface area contributed by atoms with Crippen molar-refractivity contribution < 1.29 is 52.3 Å². The van der Waals surface area contributed by atoms with Gasteiger partial charge in [0.25, 0.3) is 5.91 Å². The summed E-state index contributed by atoms with van der Waals surface area (Å²) in [5.41, 5.74) is 0.703. The lowest BCUT2D eigenvalue weighted by Crippen LogP contribution is -2.70. The largest absolute Gasteiger partial charge is 0.478 e. The Bertz CT molecular complexity index is 2040. The molecule has 1 aliphatic heterocycles. The van der Waals surface area contributed by atoms with Crippen molar-refractivity contribution in [2.45, 2.75) is 208 Å². The third-order valence-corrected chi connectivity index (χ3v) is 15.8. The minimum Gasteiger partial charge on any atom is -0.402 e. The van der Waals surface area contributed by atoms with Crippen molar-refractivity contribution in [3.05, 3.63) is 35.4 Å². The number of rotatable bonds is 32. The summed E-state index contributed by atoms with van der Waals surface area (Å²) in [4.78, 5) is 96.7. The molecule has 0 spiro atoms. The average molecular weight is 1040 g/mol. The molecule has 4 fully saturated rings. The lowest BCUT2D eigenvalue weighted by atomic mass is 9.41. The van der Waals surface area contributed by atoms with E-state index in [1.165, 1.54) is 27.3 Å². The van der Waals surface area contributed by atoms with Gasteiger partial charge in [-0.1, -0.05) is 92.7 Å². The van der Waals surface area contributed by atoms with E-state index in [9.17, 15) is 33.6 Å². The van der Waals surface area contributed by atoms with Crippen LogP contribution in [0.1, 0.15) is 170 Å². The SMILES string of the molecule is CCCCCCc1ccc(C(=O)N[C@H](COCCCC)C(=O)N[C@H](C)C(=O)NCC(=O)N(C)[C@H](C(=O)N[C@@H](C)C(=O)N[C@@H](CC(C)C)C(=O)NCB2O[C@]3(C)C[C@@H]4C[C@@H](C4(C)C)[C@]3(C)O2)C(C)OCCCC)cc1. The quantitative estimate of drug-likeness (QED) is 0.0407. The van der Waals surface area contributed by atoms with Crippen LogP contribution in [0.3, 0.4) is 0 Å². The molecule has 1 saturated heterocycles. The minimum absolute atomic E-state index is 0.0348. The number of carbonyl (C=O) groups is 7. The summed E-state index contributed by atoms with van der Waals surface area (Å²) < 4.78 is 24.8. The van der Waals surface area contributed by atoms with Crippen LogP contribution in [0, 0.1) is 23.2 Å². The van der Waals surface area contributed by atoms with Crippen LogP contribution in [-0.4, -0.2) is 141 Å². The van der Waals surface area contributed by atoms with Gasteiger partial charge in [0.1, 0.15) is 30.2 Å². The smallest absolute Gasteiger partial charge is 0.402 e. The lowest BCUT2D eigenvalue weighted by Gasteiger charge is -2.67. The van der Waals surface area contributed by atoms with Crippen LogP contribution in [-0.2, 0) is 54.0 Å². The van der Waals surface area contributed by atoms with E-state index in [0.717, 1.165) is 68.3 Å². The molecule has 1 heterocycles. The molecule has 0 aromatic heterocycles. The Balaban J connectivity index is 1.33. The van der Waals surface area contributed by atoms with Crippen molar-refractivity contribution in [3.63, 3.8) is 0 Å². The van der Waals surface area contributed by atoms with Gasteiger partial charge in [-0.3, -0.25) is 33.6 Å². The van der Waals surface area contributed by atoms with E-state index in [1.807, 2.05) is 39.8 Å². The normalized spacial score (nSPS) is 22.9. The Morgan fingerprint density at radius 1 is 0.716 bits per heavy atom. The molecule has 6 N–H and O–H groups in total. The highest BCUT2D eigenvalue weighted by molar-refractivity contribution is 6.46. The first-order valence-electron chi connectivity index (χ1n) is 27.6. The molecule has 19 heteroatoms. The highest BCUT2D eigenvalue weighted by Crippen LogP contribution is 2.69. The van der Waals surface area contributed by atoms with E-state index in [4.69, 9.17) is 18.8 Å². The second kappa shape index (κ2) is 28.5. The van der Waals surface area contributed by atoms with Gasteiger partial charge in [-0.25, -0.2) is 0 Å². The summed E-state index contributed by atoms with van der Waals surface area (Å²) in [7, 11) is 0.758. The number of nitrogens with zero attached hydrogens (tertiary/aromatic N) is 1. The van der Waals surface area contributed by atoms with Crippen molar-refractivity contribution in [2.24, 2.45) is 23.2 Å². The predicted octanol–water partition coefficient (Wildman–Crippen LogP) is 5.19. The van der Waals surface area contributed by atoms with Gasteiger partial charge in [0.2, 0.25) is 35.4 Å². The van der Waals surface area contributed by atoms with Crippen molar-refractivity contribution in [1.82, 2.24) is 36.8 Å². The first kappa shape index (κ1) is 62.0. The number of likely N-dealkylation sites (N-methyl/N-ethyl adjacent to an activating group) is 1.